The van der Waals surface area contributed by atoms with Crippen LogP contribution in [0.1, 0.15) is 5.56 Å². The van der Waals surface area contributed by atoms with Gasteiger partial charge in [0.2, 0.25) is 0 Å². The number of nitrogens with two attached hydrogens (primary N) is 1. The summed E-state index contributed by atoms with van der Waals surface area (Å²) in [4.78, 5) is 20.4. The first-order valence-corrected chi connectivity index (χ1v) is 8.53. The van der Waals surface area contributed by atoms with Crippen LogP contribution in [0.15, 0.2) is 24.3 Å². The van der Waals surface area contributed by atoms with Crippen molar-refractivity contribution in [2.75, 3.05) is 34.3 Å². The van der Waals surface area contributed by atoms with Gasteiger partial charge in [-0.2, -0.15) is 0 Å². The number of likely N-dealkylation sites (N-methyl/N-ethyl adjacent to an activating group) is 1. The van der Waals surface area contributed by atoms with E-state index in [9.17, 15) is 14.3 Å². The molecule has 9 heteroatoms. The van der Waals surface area contributed by atoms with Gasteiger partial charge in [0, 0.05) is 0 Å². The highest BCUT2D eigenvalue weighted by atomic mass is 31.2. The van der Waals surface area contributed by atoms with Crippen LogP contribution < -0.4 is 10.3 Å². The smallest absolute Gasteiger partial charge is 0.480 e. The Morgan fingerprint density at radius 2 is 1.87 bits per heavy atom. The van der Waals surface area contributed by atoms with Crippen LogP contribution in [0.5, 0.6) is 5.75 Å². The van der Waals surface area contributed by atoms with Gasteiger partial charge in [-0.1, -0.05) is 12.1 Å². The summed E-state index contributed by atoms with van der Waals surface area (Å²) < 4.78 is 22.3. The summed E-state index contributed by atoms with van der Waals surface area (Å²) in [6.07, 6.45) is 0.159. The number of benzene rings is 1. The Labute approximate surface area is 135 Å². The number of quaternary nitrogens is 1. The van der Waals surface area contributed by atoms with Crippen LogP contribution in [-0.2, 0) is 20.3 Å². The molecule has 1 unspecified atom stereocenters. The molecule has 0 radical (unpaired) electrons. The number of carbonyl (C=O) groups is 1. The second-order valence-corrected chi connectivity index (χ2v) is 7.58. The molecule has 4 N–H and O–H groups in total. The summed E-state index contributed by atoms with van der Waals surface area (Å²) in [5.41, 5.74) is 6.13. The molecule has 8 nitrogen and oxygen atoms in total. The fourth-order valence-corrected chi connectivity index (χ4v) is 2.37. The van der Waals surface area contributed by atoms with Crippen molar-refractivity contribution in [2.24, 2.45) is 5.73 Å². The summed E-state index contributed by atoms with van der Waals surface area (Å²) in [6.45, 7) is 0.642. The molecule has 0 bridgehead atoms. The molecular formula is C14H24N2O6P+. The van der Waals surface area contributed by atoms with Crippen molar-refractivity contribution in [1.82, 2.24) is 0 Å². The molecule has 0 aliphatic heterocycles. The van der Waals surface area contributed by atoms with Gasteiger partial charge in [-0.15, -0.1) is 0 Å². The predicted molar refractivity (Wildman–Crippen MR) is 85.1 cm³/mol. The molecule has 0 amide bonds. The van der Waals surface area contributed by atoms with E-state index in [0.29, 0.717) is 16.6 Å². The maximum atomic E-state index is 11.8. The molecule has 1 aromatic carbocycles. The summed E-state index contributed by atoms with van der Waals surface area (Å²) in [5.74, 6) is -0.926. The van der Waals surface area contributed by atoms with Gasteiger partial charge in [0.1, 0.15) is 24.9 Å². The van der Waals surface area contributed by atoms with E-state index in [1.54, 1.807) is 12.1 Å². The van der Waals surface area contributed by atoms with Gasteiger partial charge >= 0.3 is 13.8 Å². The average molecular weight is 347 g/mol. The molecular weight excluding hydrogens is 323 g/mol. The molecule has 23 heavy (non-hydrogen) atoms. The minimum atomic E-state index is -4.19. The van der Waals surface area contributed by atoms with Gasteiger partial charge in [-0.05, 0) is 24.1 Å². The topological polar surface area (TPSA) is 119 Å². The number of phosphoric ester groups is 1. The summed E-state index contributed by atoms with van der Waals surface area (Å²) in [5, 5.41) is 8.75. The van der Waals surface area contributed by atoms with Gasteiger partial charge in [0.05, 0.1) is 21.1 Å². The Kier molecular flexibility index (Phi) is 6.73. The second-order valence-electron chi connectivity index (χ2n) is 6.20. The van der Waals surface area contributed by atoms with Crippen molar-refractivity contribution >= 4 is 13.8 Å². The molecule has 0 spiro atoms. The van der Waals surface area contributed by atoms with Crippen LogP contribution in [0.2, 0.25) is 0 Å². The third-order valence-electron chi connectivity index (χ3n) is 2.93. The largest absolute Gasteiger partial charge is 0.527 e. The van der Waals surface area contributed by atoms with E-state index in [1.807, 2.05) is 21.1 Å². The molecule has 0 saturated heterocycles. The van der Waals surface area contributed by atoms with Gasteiger partial charge < -0.3 is 19.8 Å². The Morgan fingerprint density at radius 3 is 2.35 bits per heavy atom. The van der Waals surface area contributed by atoms with E-state index in [4.69, 9.17) is 19.9 Å². The SMILES string of the molecule is C[N+](C)(C)CCOP(=O)(O)Oc1ccc(C[C@H](N)C(=O)O)cc1. The van der Waals surface area contributed by atoms with E-state index in [2.05, 4.69) is 0 Å². The van der Waals surface area contributed by atoms with E-state index in [1.165, 1.54) is 12.1 Å². The Morgan fingerprint density at radius 1 is 1.30 bits per heavy atom. The number of hydrogen-bond donors (Lipinski definition) is 3. The molecule has 0 aliphatic rings. The lowest BCUT2D eigenvalue weighted by molar-refractivity contribution is -0.870. The summed E-state index contributed by atoms with van der Waals surface area (Å²) >= 11 is 0. The maximum absolute atomic E-state index is 11.8. The molecule has 0 aromatic heterocycles. The van der Waals surface area contributed by atoms with Crippen LogP contribution in [0, 0.1) is 0 Å². The fraction of sp³-hybridized carbons (Fsp3) is 0.500. The minimum Gasteiger partial charge on any atom is -0.480 e. The van der Waals surface area contributed by atoms with Crippen molar-refractivity contribution in [3.63, 3.8) is 0 Å². The highest BCUT2D eigenvalue weighted by Gasteiger charge is 2.24. The monoisotopic (exact) mass is 347 g/mol. The van der Waals surface area contributed by atoms with Crippen molar-refractivity contribution in [1.29, 1.82) is 0 Å². The molecule has 0 aliphatic carbocycles. The maximum Gasteiger partial charge on any atom is 0.527 e. The molecule has 0 heterocycles. The van der Waals surface area contributed by atoms with Crippen LogP contribution >= 0.6 is 7.82 Å². The van der Waals surface area contributed by atoms with Crippen molar-refractivity contribution in [3.8, 4) is 5.75 Å². The summed E-state index contributed by atoms with van der Waals surface area (Å²) in [7, 11) is 1.63. The predicted octanol–water partition coefficient (Wildman–Crippen LogP) is 0.843. The molecule has 1 aromatic rings. The van der Waals surface area contributed by atoms with Crippen molar-refractivity contribution in [3.05, 3.63) is 29.8 Å². The van der Waals surface area contributed by atoms with Gasteiger partial charge in [0.25, 0.3) is 0 Å². The van der Waals surface area contributed by atoms with Crippen LogP contribution in [0.3, 0.4) is 0 Å². The molecule has 2 atom stereocenters. The molecule has 0 fully saturated rings. The first-order chi connectivity index (χ1) is 10.5. The number of carboxylic acid groups (broad SMARTS) is 1. The number of hydrogen-bond acceptors (Lipinski definition) is 5. The zero-order valence-corrected chi connectivity index (χ0v) is 14.4. The van der Waals surface area contributed by atoms with Crippen LogP contribution in [0.25, 0.3) is 0 Å². The third-order valence-corrected chi connectivity index (χ3v) is 3.88. The van der Waals surface area contributed by atoms with Gasteiger partial charge in [-0.25, -0.2) is 4.57 Å². The third kappa shape index (κ3) is 8.11. The van der Waals surface area contributed by atoms with Crippen molar-refractivity contribution in [2.45, 2.75) is 12.5 Å². The van der Waals surface area contributed by atoms with E-state index in [-0.39, 0.29) is 18.8 Å². The molecule has 130 valence electrons. The normalized spacial score (nSPS) is 15.7. The zero-order chi connectivity index (χ0) is 17.7. The van der Waals surface area contributed by atoms with Gasteiger partial charge in [-0.3, -0.25) is 14.2 Å². The lowest BCUT2D eigenvalue weighted by atomic mass is 10.1. The standard InChI is InChI=1S/C14H23N2O6P/c1-16(2,3)8-9-21-23(19,20)22-12-6-4-11(5-7-12)10-13(15)14(17)18/h4-7,13H,8-10,15H2,1-3H3,(H-,17,18,19,20)/p+1/t13-/m0/s1. The zero-order valence-electron chi connectivity index (χ0n) is 13.5. The second kappa shape index (κ2) is 7.90. The van der Waals surface area contributed by atoms with Crippen molar-refractivity contribution < 1.29 is 32.9 Å². The Bertz CT molecular complexity index is 570. The number of phosphoric acid groups is 1. The number of carboxylic acids is 1. The minimum absolute atomic E-state index is 0.0861. The lowest BCUT2D eigenvalue weighted by Crippen LogP contribution is -2.37. The fourth-order valence-electron chi connectivity index (χ4n) is 1.62. The van der Waals surface area contributed by atoms with E-state index < -0.39 is 19.8 Å². The molecule has 1 rings (SSSR count). The highest BCUT2D eigenvalue weighted by Crippen LogP contribution is 2.43. The first-order valence-electron chi connectivity index (χ1n) is 7.03. The van der Waals surface area contributed by atoms with E-state index >= 15 is 0 Å². The number of nitrogens with zero attached hydrogens (tertiary/aromatic N) is 1. The first kappa shape index (κ1) is 19.6. The number of rotatable bonds is 9. The average Bonchev–Trinajstić information content (AvgIpc) is 2.38. The van der Waals surface area contributed by atoms with Gasteiger partial charge in [0.15, 0.2) is 0 Å². The number of aliphatic carboxylic acids is 1. The Balaban J connectivity index is 2.56. The van der Waals surface area contributed by atoms with Crippen LogP contribution in [0.4, 0.5) is 0 Å². The van der Waals surface area contributed by atoms with Crippen LogP contribution in [-0.4, -0.2) is 60.8 Å². The highest BCUT2D eigenvalue weighted by molar-refractivity contribution is 7.47. The lowest BCUT2D eigenvalue weighted by Gasteiger charge is -2.24. The summed E-state index contributed by atoms with van der Waals surface area (Å²) in [6, 6.07) is 5.12. The Hall–Kier alpha value is -1.44. The quantitative estimate of drug-likeness (QED) is 0.447. The molecule has 0 saturated carbocycles. The van der Waals surface area contributed by atoms with E-state index in [0.717, 1.165) is 0 Å².